The molecule has 2 saturated heterocycles. The predicted molar refractivity (Wildman–Crippen MR) is 120 cm³/mol. The van der Waals surface area contributed by atoms with Crippen LogP contribution in [-0.2, 0) is 11.2 Å². The first-order valence-corrected chi connectivity index (χ1v) is 11.8. The Morgan fingerprint density at radius 2 is 2.00 bits per heavy atom. The molecule has 2 aromatic heterocycles. The minimum atomic E-state index is 0.207. The van der Waals surface area contributed by atoms with Crippen LogP contribution in [0.25, 0.3) is 0 Å². The fourth-order valence-corrected chi connectivity index (χ4v) is 5.23. The average Bonchev–Trinajstić information content (AvgIpc) is 3.12. The number of thiazole rings is 1. The second-order valence-electron chi connectivity index (χ2n) is 8.77. The summed E-state index contributed by atoms with van der Waals surface area (Å²) in [6, 6.07) is 2.03. The van der Waals surface area contributed by atoms with Crippen molar-refractivity contribution >= 4 is 28.2 Å². The van der Waals surface area contributed by atoms with Crippen LogP contribution in [0.15, 0.2) is 12.3 Å². The molecule has 1 unspecified atom stereocenters. The first-order valence-electron chi connectivity index (χ1n) is 11.0. The monoisotopic (exact) mass is 428 g/mol. The highest BCUT2D eigenvalue weighted by Crippen LogP contribution is 2.26. The molecule has 2 aliphatic rings. The lowest BCUT2D eigenvalue weighted by atomic mass is 9.90. The topological polar surface area (TPSA) is 74.2 Å². The van der Waals surface area contributed by atoms with E-state index in [1.54, 1.807) is 11.3 Å². The summed E-state index contributed by atoms with van der Waals surface area (Å²) < 4.78 is 0. The molecular formula is C22H32N6OS. The second kappa shape index (κ2) is 9.39. The van der Waals surface area contributed by atoms with E-state index >= 15 is 0 Å². The van der Waals surface area contributed by atoms with Gasteiger partial charge in [-0.2, -0.15) is 0 Å². The van der Waals surface area contributed by atoms with Crippen molar-refractivity contribution in [1.82, 2.24) is 24.8 Å². The van der Waals surface area contributed by atoms with Gasteiger partial charge in [-0.25, -0.2) is 15.0 Å². The zero-order chi connectivity index (χ0) is 21.1. The van der Waals surface area contributed by atoms with Gasteiger partial charge in [0.15, 0.2) is 5.13 Å². The Labute approximate surface area is 182 Å². The van der Waals surface area contributed by atoms with E-state index in [9.17, 15) is 4.79 Å². The van der Waals surface area contributed by atoms with Gasteiger partial charge < -0.3 is 15.1 Å². The molecule has 7 nitrogen and oxygen atoms in total. The zero-order valence-corrected chi connectivity index (χ0v) is 19.0. The third kappa shape index (κ3) is 5.35. The highest BCUT2D eigenvalue weighted by atomic mass is 32.1. The highest BCUT2D eigenvalue weighted by molar-refractivity contribution is 7.15. The molecule has 162 valence electrons. The fraction of sp³-hybridized carbons (Fsp3) is 0.636. The maximum Gasteiger partial charge on any atom is 0.225 e. The lowest BCUT2D eigenvalue weighted by Crippen LogP contribution is -2.46. The summed E-state index contributed by atoms with van der Waals surface area (Å²) in [5, 5.41) is 4.16. The van der Waals surface area contributed by atoms with Gasteiger partial charge in [-0.1, -0.05) is 0 Å². The summed E-state index contributed by atoms with van der Waals surface area (Å²) in [4.78, 5) is 32.2. The first kappa shape index (κ1) is 21.2. The number of likely N-dealkylation sites (tertiary alicyclic amines) is 2. The van der Waals surface area contributed by atoms with Crippen LogP contribution in [0.1, 0.15) is 42.1 Å². The van der Waals surface area contributed by atoms with Gasteiger partial charge >= 0.3 is 0 Å². The van der Waals surface area contributed by atoms with Crippen molar-refractivity contribution in [2.24, 2.45) is 11.8 Å². The lowest BCUT2D eigenvalue weighted by molar-refractivity contribution is -0.138. The molecule has 0 saturated carbocycles. The summed E-state index contributed by atoms with van der Waals surface area (Å²) in [6.45, 7) is 7.79. The molecule has 4 rings (SSSR count). The third-order valence-electron chi connectivity index (χ3n) is 6.14. The van der Waals surface area contributed by atoms with Crippen LogP contribution in [-0.4, -0.2) is 63.9 Å². The Bertz CT molecular complexity index is 876. The summed E-state index contributed by atoms with van der Waals surface area (Å²) in [5.74, 6) is 2.59. The molecule has 1 amide bonds. The van der Waals surface area contributed by atoms with E-state index < -0.39 is 0 Å². The van der Waals surface area contributed by atoms with E-state index in [-0.39, 0.29) is 5.92 Å². The Morgan fingerprint density at radius 1 is 1.20 bits per heavy atom. The number of carbonyl (C=O) groups excluding carboxylic acids is 1. The van der Waals surface area contributed by atoms with Crippen molar-refractivity contribution in [3.05, 3.63) is 28.7 Å². The number of piperidine rings is 2. The second-order valence-corrected chi connectivity index (χ2v) is 10.0. The number of carbonyl (C=O) groups is 1. The van der Waals surface area contributed by atoms with E-state index in [4.69, 9.17) is 0 Å². The number of hydrogen-bond donors (Lipinski definition) is 1. The van der Waals surface area contributed by atoms with Crippen molar-refractivity contribution in [3.63, 3.8) is 0 Å². The molecule has 2 aromatic rings. The molecule has 1 N–H and O–H groups in total. The van der Waals surface area contributed by atoms with Gasteiger partial charge in [0.1, 0.15) is 11.6 Å². The molecule has 0 radical (unpaired) electrons. The first-order chi connectivity index (χ1) is 14.5. The van der Waals surface area contributed by atoms with Crippen LogP contribution in [0.3, 0.4) is 0 Å². The number of amides is 1. The molecule has 2 aliphatic heterocycles. The molecule has 30 heavy (non-hydrogen) atoms. The molecule has 8 heteroatoms. The summed E-state index contributed by atoms with van der Waals surface area (Å²) >= 11 is 1.62. The predicted octanol–water partition coefficient (Wildman–Crippen LogP) is 3.42. The minimum Gasteiger partial charge on any atom is -0.342 e. The van der Waals surface area contributed by atoms with Crippen LogP contribution in [0.2, 0.25) is 0 Å². The maximum absolute atomic E-state index is 13.0. The molecule has 0 spiro atoms. The number of nitrogens with zero attached hydrogens (tertiary/aromatic N) is 5. The van der Waals surface area contributed by atoms with Crippen LogP contribution < -0.4 is 5.32 Å². The fourth-order valence-electron chi connectivity index (χ4n) is 4.56. The van der Waals surface area contributed by atoms with Crippen molar-refractivity contribution in [2.45, 2.75) is 46.0 Å². The molecule has 1 atom stereocenters. The van der Waals surface area contributed by atoms with Crippen LogP contribution in [0.4, 0.5) is 10.9 Å². The summed E-state index contributed by atoms with van der Waals surface area (Å²) in [5.41, 5.74) is 1.04. The molecule has 0 aromatic carbocycles. The largest absolute Gasteiger partial charge is 0.342 e. The Morgan fingerprint density at radius 3 is 2.73 bits per heavy atom. The maximum atomic E-state index is 13.0. The summed E-state index contributed by atoms with van der Waals surface area (Å²) in [6.07, 6.45) is 6.96. The number of rotatable bonds is 5. The number of aromatic nitrogens is 3. The number of anilines is 2. The van der Waals surface area contributed by atoms with Crippen molar-refractivity contribution in [3.8, 4) is 0 Å². The molecule has 2 fully saturated rings. The lowest BCUT2D eigenvalue weighted by Gasteiger charge is -2.37. The van der Waals surface area contributed by atoms with E-state index in [2.05, 4.69) is 37.1 Å². The molecular weight excluding hydrogens is 396 g/mol. The van der Waals surface area contributed by atoms with E-state index in [0.717, 1.165) is 80.8 Å². The van der Waals surface area contributed by atoms with Crippen molar-refractivity contribution in [2.75, 3.05) is 38.5 Å². The smallest absolute Gasteiger partial charge is 0.225 e. The van der Waals surface area contributed by atoms with Crippen LogP contribution in [0.5, 0.6) is 0 Å². The van der Waals surface area contributed by atoms with E-state index in [1.165, 1.54) is 4.88 Å². The Kier molecular flexibility index (Phi) is 6.63. The molecule has 4 heterocycles. The van der Waals surface area contributed by atoms with Gasteiger partial charge in [-0.15, -0.1) is 11.3 Å². The van der Waals surface area contributed by atoms with E-state index in [1.807, 2.05) is 26.1 Å². The van der Waals surface area contributed by atoms with Gasteiger partial charge in [-0.05, 0) is 72.0 Å². The Hall–Kier alpha value is -2.06. The van der Waals surface area contributed by atoms with Gasteiger partial charge in [-0.3, -0.25) is 4.79 Å². The van der Waals surface area contributed by atoms with Crippen LogP contribution in [0, 0.1) is 25.7 Å². The quantitative estimate of drug-likeness (QED) is 0.787. The van der Waals surface area contributed by atoms with Gasteiger partial charge in [0.05, 0.1) is 0 Å². The number of aryl methyl sites for hydroxylation is 2. The molecule has 0 aliphatic carbocycles. The standard InChI is InChI=1S/C22H32N6OS/c1-15-13-23-22(30-15)26-20-12-19(24-16(2)25-20)11-17-5-4-8-28(14-17)21(29)18-6-9-27(3)10-7-18/h12-13,17-18H,4-11,14H2,1-3H3,(H,23,24,25,26). The van der Waals surface area contributed by atoms with Crippen molar-refractivity contribution in [1.29, 1.82) is 0 Å². The average molecular weight is 429 g/mol. The summed E-state index contributed by atoms with van der Waals surface area (Å²) in [7, 11) is 2.14. The normalized spacial score (nSPS) is 21.0. The van der Waals surface area contributed by atoms with Crippen molar-refractivity contribution < 1.29 is 4.79 Å². The van der Waals surface area contributed by atoms with Gasteiger partial charge in [0.25, 0.3) is 0 Å². The molecule has 0 bridgehead atoms. The third-order valence-corrected chi connectivity index (χ3v) is 6.97. The highest BCUT2D eigenvalue weighted by Gasteiger charge is 2.31. The van der Waals surface area contributed by atoms with E-state index in [0.29, 0.717) is 11.8 Å². The number of nitrogens with one attached hydrogen (secondary N) is 1. The van der Waals surface area contributed by atoms with Gasteiger partial charge in [0, 0.05) is 41.8 Å². The number of hydrogen-bond acceptors (Lipinski definition) is 7. The SMILES string of the molecule is Cc1nc(CC2CCCN(C(=O)C3CCN(C)CC3)C2)cc(Nc2ncc(C)s2)n1. The minimum absolute atomic E-state index is 0.207. The van der Waals surface area contributed by atoms with Gasteiger partial charge in [0.2, 0.25) is 5.91 Å². The zero-order valence-electron chi connectivity index (χ0n) is 18.2. The van der Waals surface area contributed by atoms with Crippen LogP contribution >= 0.6 is 11.3 Å². The Balaban J connectivity index is 1.38.